The summed E-state index contributed by atoms with van der Waals surface area (Å²) in [5, 5.41) is 4.19. The predicted octanol–water partition coefficient (Wildman–Crippen LogP) is 5.01. The van der Waals surface area contributed by atoms with Gasteiger partial charge in [-0.15, -0.1) is 34.0 Å². The molecule has 0 fully saturated rings. The zero-order valence-corrected chi connectivity index (χ0v) is 10.2. The fourth-order valence-corrected chi connectivity index (χ4v) is 3.99. The van der Waals surface area contributed by atoms with Gasteiger partial charge in [-0.25, -0.2) is 0 Å². The summed E-state index contributed by atoms with van der Waals surface area (Å²) in [6.45, 7) is 0. The number of thiophene rings is 3. The number of rotatable bonds is 2. The molecule has 1 radical (unpaired) electrons. The van der Waals surface area contributed by atoms with Gasteiger partial charge in [-0.2, -0.15) is 0 Å². The summed E-state index contributed by atoms with van der Waals surface area (Å²) in [4.78, 5) is 5.25. The third-order valence-corrected chi connectivity index (χ3v) is 5.21. The molecule has 0 saturated carbocycles. The molecule has 0 unspecified atom stereocenters. The summed E-state index contributed by atoms with van der Waals surface area (Å²) in [6, 6.07) is 13.9. The molecule has 0 bridgehead atoms. The van der Waals surface area contributed by atoms with Gasteiger partial charge in [0.15, 0.2) is 0 Å². The maximum atomic E-state index is 3.24. The Hall–Kier alpha value is -0.900. The zero-order chi connectivity index (χ0) is 10.1. The number of hydrogen-bond donors (Lipinski definition) is 0. The van der Waals surface area contributed by atoms with Gasteiger partial charge >= 0.3 is 0 Å². The second kappa shape index (κ2) is 3.93. The Balaban J connectivity index is 2.02. The third-order valence-electron chi connectivity index (χ3n) is 2.06. The van der Waals surface area contributed by atoms with Crippen LogP contribution in [0.5, 0.6) is 0 Å². The van der Waals surface area contributed by atoms with E-state index in [1.807, 2.05) is 17.4 Å². The van der Waals surface area contributed by atoms with Crippen molar-refractivity contribution in [1.29, 1.82) is 0 Å². The van der Waals surface area contributed by atoms with E-state index < -0.39 is 0 Å². The van der Waals surface area contributed by atoms with Crippen molar-refractivity contribution in [1.82, 2.24) is 0 Å². The van der Waals surface area contributed by atoms with E-state index in [9.17, 15) is 0 Å². The van der Waals surface area contributed by atoms with Crippen LogP contribution in [0.15, 0.2) is 41.1 Å². The van der Waals surface area contributed by atoms with Gasteiger partial charge in [-0.1, -0.05) is 6.07 Å². The fourth-order valence-electron chi connectivity index (χ4n) is 1.39. The average Bonchev–Trinajstić information content (AvgIpc) is 3.02. The molecule has 0 saturated heterocycles. The van der Waals surface area contributed by atoms with Crippen molar-refractivity contribution in [2.45, 2.75) is 0 Å². The van der Waals surface area contributed by atoms with Crippen LogP contribution < -0.4 is 0 Å². The van der Waals surface area contributed by atoms with Gasteiger partial charge in [-0.3, -0.25) is 0 Å². The highest BCUT2D eigenvalue weighted by molar-refractivity contribution is 7.25. The van der Waals surface area contributed by atoms with E-state index in [0.29, 0.717) is 0 Å². The van der Waals surface area contributed by atoms with Gasteiger partial charge in [0, 0.05) is 20.7 Å². The van der Waals surface area contributed by atoms with Crippen LogP contribution >= 0.6 is 34.0 Å². The van der Waals surface area contributed by atoms with Crippen molar-refractivity contribution in [2.24, 2.45) is 0 Å². The molecule has 0 aliphatic carbocycles. The van der Waals surface area contributed by atoms with Crippen molar-refractivity contribution in [3.05, 3.63) is 47.2 Å². The van der Waals surface area contributed by atoms with Crippen LogP contribution in [0.25, 0.3) is 19.5 Å². The Morgan fingerprint density at radius 2 is 1.80 bits per heavy atom. The molecule has 3 aromatic rings. The maximum absolute atomic E-state index is 3.24. The predicted molar refractivity (Wildman–Crippen MR) is 69.8 cm³/mol. The molecular formula is C12H7S3. The standard InChI is InChI=1S/C12H7S3/c1-3-9(13-7-1)11-5-6-12(15-11)10-4-2-8-14-10/h1-3,5-8H. The highest BCUT2D eigenvalue weighted by atomic mass is 32.1. The molecule has 3 heterocycles. The van der Waals surface area contributed by atoms with E-state index in [1.165, 1.54) is 19.5 Å². The van der Waals surface area contributed by atoms with Crippen molar-refractivity contribution in [3.63, 3.8) is 0 Å². The molecule has 15 heavy (non-hydrogen) atoms. The Morgan fingerprint density at radius 1 is 0.867 bits per heavy atom. The Kier molecular flexibility index (Phi) is 2.44. The van der Waals surface area contributed by atoms with E-state index in [0.717, 1.165) is 0 Å². The lowest BCUT2D eigenvalue weighted by Gasteiger charge is -1.89. The normalized spacial score (nSPS) is 10.7. The molecule has 0 aliphatic rings. The van der Waals surface area contributed by atoms with Crippen LogP contribution in [0, 0.1) is 6.07 Å². The summed E-state index contributed by atoms with van der Waals surface area (Å²) >= 11 is 5.37. The average molecular weight is 247 g/mol. The lowest BCUT2D eigenvalue weighted by atomic mass is 10.3. The molecule has 0 nitrogen and oxygen atoms in total. The molecule has 3 heteroatoms. The second-order valence-electron chi connectivity index (χ2n) is 3.04. The van der Waals surface area contributed by atoms with E-state index in [4.69, 9.17) is 0 Å². The molecule has 3 aromatic heterocycles. The lowest BCUT2D eigenvalue weighted by Crippen LogP contribution is -1.57. The Labute approximate surface area is 100 Å². The molecule has 0 amide bonds. The second-order valence-corrected chi connectivity index (χ2v) is 5.98. The van der Waals surface area contributed by atoms with Gasteiger partial charge < -0.3 is 0 Å². The van der Waals surface area contributed by atoms with Crippen LogP contribution in [-0.4, -0.2) is 0 Å². The van der Waals surface area contributed by atoms with Crippen LogP contribution in [0.1, 0.15) is 0 Å². The van der Waals surface area contributed by atoms with Crippen molar-refractivity contribution < 1.29 is 0 Å². The monoisotopic (exact) mass is 247 g/mol. The van der Waals surface area contributed by atoms with Crippen LogP contribution in [0.2, 0.25) is 0 Å². The van der Waals surface area contributed by atoms with Crippen LogP contribution in [0.3, 0.4) is 0 Å². The maximum Gasteiger partial charge on any atom is 0.0521 e. The molecular weight excluding hydrogens is 240 g/mol. The summed E-state index contributed by atoms with van der Waals surface area (Å²) in [5.41, 5.74) is 0. The highest BCUT2D eigenvalue weighted by Crippen LogP contribution is 2.37. The third kappa shape index (κ3) is 1.78. The van der Waals surface area contributed by atoms with E-state index >= 15 is 0 Å². The fraction of sp³-hybridized carbons (Fsp3) is 0. The highest BCUT2D eigenvalue weighted by Gasteiger charge is 2.05. The summed E-state index contributed by atoms with van der Waals surface area (Å²) in [5.74, 6) is 0. The van der Waals surface area contributed by atoms with Gasteiger partial charge in [0.05, 0.1) is 4.88 Å². The molecule has 0 spiro atoms. The first kappa shape index (κ1) is 9.33. The minimum atomic E-state index is 1.24. The molecule has 0 aromatic carbocycles. The van der Waals surface area contributed by atoms with E-state index in [-0.39, 0.29) is 0 Å². The van der Waals surface area contributed by atoms with Gasteiger partial charge in [0.25, 0.3) is 0 Å². The summed E-state index contributed by atoms with van der Waals surface area (Å²) in [6.07, 6.45) is 0. The smallest absolute Gasteiger partial charge is 0.0521 e. The first-order valence-electron chi connectivity index (χ1n) is 4.53. The first-order valence-corrected chi connectivity index (χ1v) is 7.10. The largest absolute Gasteiger partial charge is 0.143 e. The SMILES string of the molecule is [c]1ccsc1-c1ccc(-c2cccs2)s1. The molecule has 0 atom stereocenters. The summed E-state index contributed by atoms with van der Waals surface area (Å²) < 4.78 is 0. The van der Waals surface area contributed by atoms with E-state index in [1.54, 1.807) is 22.7 Å². The van der Waals surface area contributed by atoms with Gasteiger partial charge in [-0.05, 0) is 35.0 Å². The van der Waals surface area contributed by atoms with Crippen molar-refractivity contribution in [2.75, 3.05) is 0 Å². The van der Waals surface area contributed by atoms with Crippen LogP contribution in [-0.2, 0) is 0 Å². The quantitative estimate of drug-likeness (QED) is 0.597. The van der Waals surface area contributed by atoms with Crippen molar-refractivity contribution >= 4 is 34.0 Å². The van der Waals surface area contributed by atoms with Crippen LogP contribution in [0.4, 0.5) is 0 Å². The topological polar surface area (TPSA) is 0 Å². The molecule has 73 valence electrons. The minimum Gasteiger partial charge on any atom is -0.143 e. The lowest BCUT2D eigenvalue weighted by molar-refractivity contribution is 1.90. The first-order chi connectivity index (χ1) is 7.43. The molecule has 0 N–H and O–H groups in total. The summed E-state index contributed by atoms with van der Waals surface area (Å²) in [7, 11) is 0. The van der Waals surface area contributed by atoms with Crippen molar-refractivity contribution in [3.8, 4) is 19.5 Å². The minimum absolute atomic E-state index is 1.24. The molecule has 3 rings (SSSR count). The Morgan fingerprint density at radius 3 is 2.53 bits per heavy atom. The Bertz CT molecular complexity index is 480. The molecule has 0 aliphatic heterocycles. The zero-order valence-electron chi connectivity index (χ0n) is 7.77. The van der Waals surface area contributed by atoms with Gasteiger partial charge in [0.1, 0.15) is 0 Å². The van der Waals surface area contributed by atoms with Gasteiger partial charge in [0.2, 0.25) is 0 Å². The van der Waals surface area contributed by atoms with E-state index in [2.05, 4.69) is 41.1 Å². The number of hydrogen-bond acceptors (Lipinski definition) is 3.